The van der Waals surface area contributed by atoms with Gasteiger partial charge < -0.3 is 10.6 Å². The van der Waals surface area contributed by atoms with Crippen LogP contribution in [0.3, 0.4) is 0 Å². The van der Waals surface area contributed by atoms with E-state index in [-0.39, 0.29) is 6.04 Å². The van der Waals surface area contributed by atoms with Crippen LogP contribution in [0.5, 0.6) is 0 Å². The molecule has 2 atom stereocenters. The number of hydrogen-bond acceptors (Lipinski definition) is 3. The molecule has 0 aromatic heterocycles. The number of nitrogens with two attached hydrogens (primary N) is 1. The van der Waals surface area contributed by atoms with Gasteiger partial charge in [0, 0.05) is 32.2 Å². The van der Waals surface area contributed by atoms with Gasteiger partial charge in [0.05, 0.1) is 6.04 Å². The van der Waals surface area contributed by atoms with Gasteiger partial charge in [-0.05, 0) is 31.5 Å². The van der Waals surface area contributed by atoms with Crippen molar-refractivity contribution in [3.05, 3.63) is 35.4 Å². The molecule has 106 valence electrons. The molecular formula is C16H27N3. The lowest BCUT2D eigenvalue weighted by Gasteiger charge is -2.41. The first-order valence-corrected chi connectivity index (χ1v) is 7.37. The van der Waals surface area contributed by atoms with Gasteiger partial charge in [0.25, 0.3) is 0 Å². The molecular weight excluding hydrogens is 234 g/mol. The number of piperazine rings is 1. The first-order valence-electron chi connectivity index (χ1n) is 7.37. The molecule has 1 aromatic carbocycles. The van der Waals surface area contributed by atoms with Crippen molar-refractivity contribution < 1.29 is 0 Å². The van der Waals surface area contributed by atoms with E-state index in [1.165, 1.54) is 11.1 Å². The van der Waals surface area contributed by atoms with Crippen LogP contribution in [0.1, 0.15) is 30.5 Å². The van der Waals surface area contributed by atoms with Crippen LogP contribution in [0.15, 0.2) is 24.3 Å². The van der Waals surface area contributed by atoms with Crippen molar-refractivity contribution in [1.82, 2.24) is 9.80 Å². The molecule has 0 saturated carbocycles. The van der Waals surface area contributed by atoms with Crippen molar-refractivity contribution in [2.75, 3.05) is 33.2 Å². The summed E-state index contributed by atoms with van der Waals surface area (Å²) >= 11 is 0. The van der Waals surface area contributed by atoms with Gasteiger partial charge in [-0.15, -0.1) is 0 Å². The molecule has 0 amide bonds. The minimum atomic E-state index is 0.213. The number of likely N-dealkylation sites (N-methyl/N-ethyl adjacent to an activating group) is 1. The van der Waals surface area contributed by atoms with E-state index < -0.39 is 0 Å². The van der Waals surface area contributed by atoms with E-state index in [9.17, 15) is 0 Å². The molecule has 2 rings (SSSR count). The smallest absolute Gasteiger partial charge is 0.0502 e. The zero-order chi connectivity index (χ0) is 13.8. The van der Waals surface area contributed by atoms with Crippen molar-refractivity contribution in [1.29, 1.82) is 0 Å². The minimum Gasteiger partial charge on any atom is -0.326 e. The average Bonchev–Trinajstić information content (AvgIpc) is 2.43. The molecule has 2 unspecified atom stereocenters. The summed E-state index contributed by atoms with van der Waals surface area (Å²) in [5, 5.41) is 0. The van der Waals surface area contributed by atoms with Crippen LogP contribution < -0.4 is 5.73 Å². The monoisotopic (exact) mass is 261 g/mol. The van der Waals surface area contributed by atoms with Crippen molar-refractivity contribution in [2.45, 2.75) is 32.4 Å². The molecule has 3 heteroatoms. The summed E-state index contributed by atoms with van der Waals surface area (Å²) in [5.41, 5.74) is 9.19. The highest BCUT2D eigenvalue weighted by Gasteiger charge is 2.28. The Morgan fingerprint density at radius 2 is 1.79 bits per heavy atom. The molecule has 3 nitrogen and oxygen atoms in total. The molecule has 0 spiro atoms. The van der Waals surface area contributed by atoms with E-state index in [0.29, 0.717) is 6.04 Å². The summed E-state index contributed by atoms with van der Waals surface area (Å²) in [6.45, 7) is 8.89. The Morgan fingerprint density at radius 1 is 1.16 bits per heavy atom. The standard InChI is InChI=1S/C16H27N3/c1-4-15(17)16(14-8-6-5-7-13(14)2)19-11-9-18(3)10-12-19/h5-8,15-16H,4,9-12,17H2,1-3H3. The SMILES string of the molecule is CCC(N)C(c1ccccc1C)N1CCN(C)CC1. The van der Waals surface area contributed by atoms with E-state index in [0.717, 1.165) is 32.6 Å². The van der Waals surface area contributed by atoms with Crippen LogP contribution in [-0.2, 0) is 0 Å². The highest BCUT2D eigenvalue weighted by Crippen LogP contribution is 2.28. The number of hydrogen-bond donors (Lipinski definition) is 1. The Kier molecular flexibility index (Phi) is 4.97. The molecule has 1 fully saturated rings. The zero-order valence-electron chi connectivity index (χ0n) is 12.5. The summed E-state index contributed by atoms with van der Waals surface area (Å²) in [4.78, 5) is 4.96. The summed E-state index contributed by atoms with van der Waals surface area (Å²) in [6.07, 6.45) is 1.02. The number of benzene rings is 1. The fourth-order valence-electron chi connectivity index (χ4n) is 2.94. The number of aryl methyl sites for hydroxylation is 1. The van der Waals surface area contributed by atoms with Crippen LogP contribution in [0.2, 0.25) is 0 Å². The van der Waals surface area contributed by atoms with Crippen LogP contribution in [-0.4, -0.2) is 49.1 Å². The third-order valence-electron chi connectivity index (χ3n) is 4.32. The molecule has 0 bridgehead atoms. The topological polar surface area (TPSA) is 32.5 Å². The van der Waals surface area contributed by atoms with Crippen molar-refractivity contribution >= 4 is 0 Å². The van der Waals surface area contributed by atoms with Gasteiger partial charge in [-0.2, -0.15) is 0 Å². The molecule has 1 aliphatic rings. The Balaban J connectivity index is 2.24. The van der Waals surface area contributed by atoms with E-state index >= 15 is 0 Å². The maximum Gasteiger partial charge on any atom is 0.0502 e. The van der Waals surface area contributed by atoms with Gasteiger partial charge in [0.1, 0.15) is 0 Å². The lowest BCUT2D eigenvalue weighted by atomic mass is 9.92. The van der Waals surface area contributed by atoms with E-state index in [2.05, 4.69) is 55.0 Å². The molecule has 0 radical (unpaired) electrons. The largest absolute Gasteiger partial charge is 0.326 e. The maximum absolute atomic E-state index is 6.43. The second-order valence-electron chi connectivity index (χ2n) is 5.71. The first kappa shape index (κ1) is 14.5. The highest BCUT2D eigenvalue weighted by atomic mass is 15.3. The van der Waals surface area contributed by atoms with Crippen LogP contribution in [0.4, 0.5) is 0 Å². The fourth-order valence-corrected chi connectivity index (χ4v) is 2.94. The Bertz CT molecular complexity index is 397. The average molecular weight is 261 g/mol. The van der Waals surface area contributed by atoms with Crippen LogP contribution in [0.25, 0.3) is 0 Å². The second kappa shape index (κ2) is 6.51. The first-order chi connectivity index (χ1) is 9.13. The lowest BCUT2D eigenvalue weighted by molar-refractivity contribution is 0.0966. The Hall–Kier alpha value is -0.900. The quantitative estimate of drug-likeness (QED) is 0.900. The maximum atomic E-state index is 6.43. The predicted octanol–water partition coefficient (Wildman–Crippen LogP) is 2.02. The fraction of sp³-hybridized carbons (Fsp3) is 0.625. The van der Waals surface area contributed by atoms with Gasteiger partial charge in [0.15, 0.2) is 0 Å². The summed E-state index contributed by atoms with van der Waals surface area (Å²) in [5.74, 6) is 0. The minimum absolute atomic E-state index is 0.213. The third-order valence-corrected chi connectivity index (χ3v) is 4.32. The number of rotatable bonds is 4. The molecule has 0 aliphatic carbocycles. The van der Waals surface area contributed by atoms with Crippen molar-refractivity contribution in [3.63, 3.8) is 0 Å². The molecule has 1 aromatic rings. The van der Waals surface area contributed by atoms with E-state index in [1.54, 1.807) is 0 Å². The highest BCUT2D eigenvalue weighted by molar-refractivity contribution is 5.30. The van der Waals surface area contributed by atoms with Gasteiger partial charge in [-0.3, -0.25) is 4.90 Å². The lowest BCUT2D eigenvalue weighted by Crippen LogP contribution is -2.50. The van der Waals surface area contributed by atoms with Crippen molar-refractivity contribution in [3.8, 4) is 0 Å². The van der Waals surface area contributed by atoms with Gasteiger partial charge in [-0.25, -0.2) is 0 Å². The third kappa shape index (κ3) is 3.35. The molecule has 19 heavy (non-hydrogen) atoms. The normalized spacial score (nSPS) is 21.3. The van der Waals surface area contributed by atoms with Crippen LogP contribution >= 0.6 is 0 Å². The zero-order valence-corrected chi connectivity index (χ0v) is 12.5. The molecule has 1 heterocycles. The Morgan fingerprint density at radius 3 is 2.37 bits per heavy atom. The van der Waals surface area contributed by atoms with Crippen LogP contribution in [0, 0.1) is 6.92 Å². The summed E-state index contributed by atoms with van der Waals surface area (Å²) in [7, 11) is 2.19. The molecule has 1 saturated heterocycles. The Labute approximate surface area is 117 Å². The van der Waals surface area contributed by atoms with Gasteiger partial charge in [0.2, 0.25) is 0 Å². The molecule has 2 N–H and O–H groups in total. The predicted molar refractivity (Wildman–Crippen MR) is 81.3 cm³/mol. The van der Waals surface area contributed by atoms with Gasteiger partial charge in [-0.1, -0.05) is 31.2 Å². The number of nitrogens with zero attached hydrogens (tertiary/aromatic N) is 2. The van der Waals surface area contributed by atoms with Gasteiger partial charge >= 0.3 is 0 Å². The second-order valence-corrected chi connectivity index (χ2v) is 5.71. The molecule has 1 aliphatic heterocycles. The summed E-state index contributed by atoms with van der Waals surface area (Å²) in [6, 6.07) is 9.25. The summed E-state index contributed by atoms with van der Waals surface area (Å²) < 4.78 is 0. The van der Waals surface area contributed by atoms with E-state index in [1.807, 2.05) is 0 Å². The van der Waals surface area contributed by atoms with Crippen molar-refractivity contribution in [2.24, 2.45) is 5.73 Å². The van der Waals surface area contributed by atoms with E-state index in [4.69, 9.17) is 5.73 Å².